The van der Waals surface area contributed by atoms with Gasteiger partial charge in [0.1, 0.15) is 5.75 Å². The third-order valence-corrected chi connectivity index (χ3v) is 2.81. The fourth-order valence-corrected chi connectivity index (χ4v) is 1.67. The van der Waals surface area contributed by atoms with Gasteiger partial charge in [-0.25, -0.2) is 4.79 Å². The Kier molecular flexibility index (Phi) is 6.75. The highest BCUT2D eigenvalue weighted by molar-refractivity contribution is 6.31. The molecule has 21 heavy (non-hydrogen) atoms. The summed E-state index contributed by atoms with van der Waals surface area (Å²) in [4.78, 5) is 23.4. The Morgan fingerprint density at radius 3 is 2.76 bits per heavy atom. The fraction of sp³-hybridized carbons (Fsp3) is 0.333. The van der Waals surface area contributed by atoms with Crippen LogP contribution in [0.4, 0.5) is 5.69 Å². The molecule has 0 spiro atoms. The van der Waals surface area contributed by atoms with Gasteiger partial charge in [0.15, 0.2) is 6.10 Å². The maximum atomic E-state index is 12.0. The van der Waals surface area contributed by atoms with Gasteiger partial charge in [-0.05, 0) is 31.5 Å². The number of allylic oxidation sites excluding steroid dienone is 1. The van der Waals surface area contributed by atoms with E-state index in [0.717, 1.165) is 6.42 Å². The van der Waals surface area contributed by atoms with E-state index in [1.807, 2.05) is 6.92 Å². The Morgan fingerprint density at radius 2 is 2.14 bits per heavy atom. The van der Waals surface area contributed by atoms with Gasteiger partial charge < -0.3 is 14.8 Å². The Bertz CT molecular complexity index is 542. The quantitative estimate of drug-likeness (QED) is 0.647. The molecule has 0 saturated carbocycles. The summed E-state index contributed by atoms with van der Waals surface area (Å²) < 4.78 is 10.1. The van der Waals surface area contributed by atoms with Gasteiger partial charge in [-0.3, -0.25) is 4.79 Å². The summed E-state index contributed by atoms with van der Waals surface area (Å²) in [5, 5.41) is 3.07. The van der Waals surface area contributed by atoms with Crippen molar-refractivity contribution in [1.82, 2.24) is 0 Å². The second kappa shape index (κ2) is 8.32. The number of carbonyl (C=O) groups is 2. The van der Waals surface area contributed by atoms with E-state index in [4.69, 9.17) is 21.1 Å². The first-order valence-corrected chi connectivity index (χ1v) is 6.87. The zero-order chi connectivity index (χ0) is 15.8. The van der Waals surface area contributed by atoms with Crippen LogP contribution < -0.4 is 10.1 Å². The van der Waals surface area contributed by atoms with Crippen LogP contribution in [-0.2, 0) is 14.3 Å². The van der Waals surface area contributed by atoms with Gasteiger partial charge in [-0.2, -0.15) is 0 Å². The first-order chi connectivity index (χ1) is 9.97. The molecule has 1 aromatic carbocycles. The van der Waals surface area contributed by atoms with Crippen LogP contribution >= 0.6 is 11.6 Å². The van der Waals surface area contributed by atoms with Crippen molar-refractivity contribution in [3.8, 4) is 5.75 Å². The molecule has 1 aromatic rings. The van der Waals surface area contributed by atoms with E-state index in [9.17, 15) is 9.59 Å². The number of esters is 1. The third-order valence-electron chi connectivity index (χ3n) is 2.57. The van der Waals surface area contributed by atoms with Crippen molar-refractivity contribution in [1.29, 1.82) is 0 Å². The molecule has 1 amide bonds. The standard InChI is InChI=1S/C15H18ClNO4/c1-4-5-6-14(18)21-10(2)15(19)17-12-9-11(16)7-8-13(12)20-3/h5-10H,4H2,1-3H3,(H,17,19)/b6-5+/t10-/m0/s1. The molecule has 0 aliphatic rings. The minimum Gasteiger partial charge on any atom is -0.495 e. The highest BCUT2D eigenvalue weighted by atomic mass is 35.5. The first-order valence-electron chi connectivity index (χ1n) is 6.49. The number of nitrogens with one attached hydrogen (secondary N) is 1. The molecule has 6 heteroatoms. The molecule has 1 atom stereocenters. The Hall–Kier alpha value is -2.01. The van der Waals surface area contributed by atoms with Gasteiger partial charge in [0.05, 0.1) is 12.8 Å². The summed E-state index contributed by atoms with van der Waals surface area (Å²) >= 11 is 5.88. The Labute approximate surface area is 128 Å². The Morgan fingerprint density at radius 1 is 1.43 bits per heavy atom. The number of rotatable bonds is 6. The normalized spacial score (nSPS) is 12.0. The molecule has 0 radical (unpaired) electrons. The average Bonchev–Trinajstić information content (AvgIpc) is 2.45. The van der Waals surface area contributed by atoms with Gasteiger partial charge in [0.2, 0.25) is 0 Å². The molecular weight excluding hydrogens is 294 g/mol. The van der Waals surface area contributed by atoms with Crippen LogP contribution in [0.5, 0.6) is 5.75 Å². The molecule has 0 aliphatic heterocycles. The lowest BCUT2D eigenvalue weighted by Crippen LogP contribution is -2.29. The highest BCUT2D eigenvalue weighted by Crippen LogP contribution is 2.27. The molecule has 114 valence electrons. The van der Waals surface area contributed by atoms with Gasteiger partial charge in [-0.15, -0.1) is 0 Å². The zero-order valence-electron chi connectivity index (χ0n) is 12.2. The van der Waals surface area contributed by atoms with Crippen LogP contribution in [0.2, 0.25) is 5.02 Å². The second-order valence-corrected chi connectivity index (χ2v) is 4.66. The number of hydrogen-bond donors (Lipinski definition) is 1. The number of halogens is 1. The van der Waals surface area contributed by atoms with Gasteiger partial charge in [-0.1, -0.05) is 24.6 Å². The lowest BCUT2D eigenvalue weighted by atomic mass is 10.2. The summed E-state index contributed by atoms with van der Waals surface area (Å²) in [5.41, 5.74) is 0.419. The van der Waals surface area contributed by atoms with E-state index in [2.05, 4.69) is 5.32 Å². The first kappa shape index (κ1) is 17.0. The van der Waals surface area contributed by atoms with Crippen molar-refractivity contribution in [2.45, 2.75) is 26.4 Å². The number of ether oxygens (including phenoxy) is 2. The molecule has 0 aliphatic carbocycles. The molecule has 1 N–H and O–H groups in total. The second-order valence-electron chi connectivity index (χ2n) is 4.22. The predicted molar refractivity (Wildman–Crippen MR) is 81.6 cm³/mol. The van der Waals surface area contributed by atoms with E-state index in [1.165, 1.54) is 20.1 Å². The highest BCUT2D eigenvalue weighted by Gasteiger charge is 2.18. The van der Waals surface area contributed by atoms with Crippen molar-refractivity contribution in [2.75, 3.05) is 12.4 Å². The number of carbonyl (C=O) groups excluding carboxylic acids is 2. The molecule has 0 heterocycles. The van der Waals surface area contributed by atoms with E-state index in [-0.39, 0.29) is 0 Å². The van der Waals surface area contributed by atoms with E-state index >= 15 is 0 Å². The molecule has 0 bridgehead atoms. The van der Waals surface area contributed by atoms with Crippen LogP contribution in [0.25, 0.3) is 0 Å². The average molecular weight is 312 g/mol. The maximum Gasteiger partial charge on any atom is 0.331 e. The molecular formula is C15H18ClNO4. The minimum absolute atomic E-state index is 0.419. The summed E-state index contributed by atoms with van der Waals surface area (Å²) in [7, 11) is 1.48. The summed E-state index contributed by atoms with van der Waals surface area (Å²) in [6, 6.07) is 4.84. The minimum atomic E-state index is -0.928. The number of anilines is 1. The fourth-order valence-electron chi connectivity index (χ4n) is 1.49. The van der Waals surface area contributed by atoms with Crippen molar-refractivity contribution in [3.63, 3.8) is 0 Å². The molecule has 0 unspecified atom stereocenters. The number of hydrogen-bond acceptors (Lipinski definition) is 4. The van der Waals surface area contributed by atoms with Gasteiger partial charge in [0.25, 0.3) is 5.91 Å². The van der Waals surface area contributed by atoms with Gasteiger partial charge >= 0.3 is 5.97 Å². The molecule has 0 aromatic heterocycles. The van der Waals surface area contributed by atoms with Gasteiger partial charge in [0, 0.05) is 11.1 Å². The molecule has 1 rings (SSSR count). The SMILES string of the molecule is CC/C=C/C(=O)O[C@@H](C)C(=O)Nc1cc(Cl)ccc1OC. The lowest BCUT2D eigenvalue weighted by molar-refractivity contribution is -0.148. The summed E-state index contributed by atoms with van der Waals surface area (Å²) in [6.07, 6.45) is 2.74. The van der Waals surface area contributed by atoms with E-state index in [0.29, 0.717) is 16.5 Å². The van der Waals surface area contributed by atoms with Crippen LogP contribution in [0, 0.1) is 0 Å². The number of benzene rings is 1. The van der Waals surface area contributed by atoms with Crippen LogP contribution in [0.3, 0.4) is 0 Å². The van der Waals surface area contributed by atoms with E-state index in [1.54, 1.807) is 24.3 Å². The number of amides is 1. The largest absolute Gasteiger partial charge is 0.495 e. The Balaban J connectivity index is 2.70. The topological polar surface area (TPSA) is 64.6 Å². The smallest absolute Gasteiger partial charge is 0.331 e. The van der Waals surface area contributed by atoms with Crippen molar-refractivity contribution in [3.05, 3.63) is 35.4 Å². The van der Waals surface area contributed by atoms with Crippen LogP contribution in [0.15, 0.2) is 30.4 Å². The monoisotopic (exact) mass is 311 g/mol. The van der Waals surface area contributed by atoms with Crippen molar-refractivity contribution < 1.29 is 19.1 Å². The molecule has 0 saturated heterocycles. The molecule has 0 fully saturated rings. The third kappa shape index (κ3) is 5.47. The summed E-state index contributed by atoms with van der Waals surface area (Å²) in [5.74, 6) is -0.552. The lowest BCUT2D eigenvalue weighted by Gasteiger charge is -2.14. The van der Waals surface area contributed by atoms with Crippen molar-refractivity contribution in [2.24, 2.45) is 0 Å². The maximum absolute atomic E-state index is 12.0. The van der Waals surface area contributed by atoms with Crippen LogP contribution in [0.1, 0.15) is 20.3 Å². The van der Waals surface area contributed by atoms with Crippen LogP contribution in [-0.4, -0.2) is 25.1 Å². The molecule has 5 nitrogen and oxygen atoms in total. The zero-order valence-corrected chi connectivity index (χ0v) is 12.9. The summed E-state index contributed by atoms with van der Waals surface area (Å²) in [6.45, 7) is 3.38. The number of methoxy groups -OCH3 is 1. The van der Waals surface area contributed by atoms with E-state index < -0.39 is 18.0 Å². The van der Waals surface area contributed by atoms with Crippen molar-refractivity contribution >= 4 is 29.2 Å². The predicted octanol–water partition coefficient (Wildman–Crippen LogP) is 3.19.